The van der Waals surface area contributed by atoms with Crippen molar-refractivity contribution in [1.82, 2.24) is 10.2 Å². The van der Waals surface area contributed by atoms with Gasteiger partial charge in [-0.3, -0.25) is 13.9 Å². The quantitative estimate of drug-likeness (QED) is 0.247. The first kappa shape index (κ1) is 35.3. The predicted octanol–water partition coefficient (Wildman–Crippen LogP) is 4.76. The molecule has 0 aliphatic heterocycles. The first-order chi connectivity index (χ1) is 21.4. The highest BCUT2D eigenvalue weighted by molar-refractivity contribution is 7.92. The standard InChI is InChI=1S/C32H40ClN3O8S/c1-21(2)18-34-32(38)22(3)35(19-23-8-10-24(33)11-9-23)31(37)20-36(27-16-25(41-4)12-14-28(27)42-5)45(39,40)26-13-15-29(43-6)30(17-26)44-7/h8-17,21-22H,18-20H2,1-7H3,(H,34,38). The fraction of sp³-hybridized carbons (Fsp3) is 0.375. The summed E-state index contributed by atoms with van der Waals surface area (Å²) in [6.45, 7) is 5.27. The van der Waals surface area contributed by atoms with Crippen LogP contribution >= 0.6 is 11.6 Å². The summed E-state index contributed by atoms with van der Waals surface area (Å²) in [4.78, 5) is 28.6. The number of anilines is 1. The van der Waals surface area contributed by atoms with Gasteiger partial charge in [-0.25, -0.2) is 8.42 Å². The lowest BCUT2D eigenvalue weighted by Crippen LogP contribution is -2.51. The highest BCUT2D eigenvalue weighted by atomic mass is 35.5. The summed E-state index contributed by atoms with van der Waals surface area (Å²) in [7, 11) is 1.21. The number of methoxy groups -OCH3 is 4. The van der Waals surface area contributed by atoms with Gasteiger partial charge in [0.2, 0.25) is 11.8 Å². The largest absolute Gasteiger partial charge is 0.497 e. The first-order valence-corrected chi connectivity index (χ1v) is 16.0. The molecule has 0 saturated carbocycles. The molecule has 0 aromatic heterocycles. The Kier molecular flexibility index (Phi) is 12.3. The van der Waals surface area contributed by atoms with Gasteiger partial charge in [0.05, 0.1) is 39.0 Å². The van der Waals surface area contributed by atoms with Gasteiger partial charge in [0, 0.05) is 30.2 Å². The van der Waals surface area contributed by atoms with Crippen LogP contribution in [0.2, 0.25) is 5.02 Å². The number of benzene rings is 3. The minimum absolute atomic E-state index is 0.0196. The molecule has 1 N–H and O–H groups in total. The van der Waals surface area contributed by atoms with E-state index in [-0.39, 0.29) is 40.5 Å². The number of halogens is 1. The molecule has 0 aliphatic carbocycles. The molecule has 0 heterocycles. The maximum Gasteiger partial charge on any atom is 0.265 e. The predicted molar refractivity (Wildman–Crippen MR) is 173 cm³/mol. The lowest BCUT2D eigenvalue weighted by molar-refractivity contribution is -0.139. The van der Waals surface area contributed by atoms with Gasteiger partial charge in [-0.15, -0.1) is 0 Å². The van der Waals surface area contributed by atoms with Crippen LogP contribution in [-0.2, 0) is 26.2 Å². The Bertz CT molecular complexity index is 1580. The molecule has 0 radical (unpaired) electrons. The van der Waals surface area contributed by atoms with Crippen molar-refractivity contribution in [2.24, 2.45) is 5.92 Å². The Morgan fingerprint density at radius 3 is 2.02 bits per heavy atom. The molecule has 0 fully saturated rings. The van der Waals surface area contributed by atoms with Crippen LogP contribution < -0.4 is 28.6 Å². The smallest absolute Gasteiger partial charge is 0.265 e. The van der Waals surface area contributed by atoms with Gasteiger partial charge in [0.25, 0.3) is 10.0 Å². The van der Waals surface area contributed by atoms with E-state index < -0.39 is 28.5 Å². The fourth-order valence-electron chi connectivity index (χ4n) is 4.43. The van der Waals surface area contributed by atoms with Crippen molar-refractivity contribution in [3.05, 3.63) is 71.2 Å². The zero-order chi connectivity index (χ0) is 33.3. The van der Waals surface area contributed by atoms with E-state index in [4.69, 9.17) is 30.5 Å². The van der Waals surface area contributed by atoms with Gasteiger partial charge in [0.15, 0.2) is 11.5 Å². The molecule has 2 amide bonds. The first-order valence-electron chi connectivity index (χ1n) is 14.1. The van der Waals surface area contributed by atoms with E-state index in [1.165, 1.54) is 57.6 Å². The highest BCUT2D eigenvalue weighted by Gasteiger charge is 2.34. The van der Waals surface area contributed by atoms with Crippen LogP contribution in [0.25, 0.3) is 0 Å². The summed E-state index contributed by atoms with van der Waals surface area (Å²) in [6, 6.07) is 14.6. The van der Waals surface area contributed by atoms with Crippen LogP contribution in [0.4, 0.5) is 5.69 Å². The third kappa shape index (κ3) is 8.73. The monoisotopic (exact) mass is 661 g/mol. The zero-order valence-corrected chi connectivity index (χ0v) is 28.1. The second kappa shape index (κ2) is 15.7. The van der Waals surface area contributed by atoms with Crippen molar-refractivity contribution in [3.8, 4) is 23.0 Å². The number of hydrogen-bond donors (Lipinski definition) is 1. The number of carbonyl (C=O) groups is 2. The third-order valence-corrected chi connectivity index (χ3v) is 9.00. The molecule has 0 aliphatic rings. The minimum atomic E-state index is -4.45. The number of nitrogens with zero attached hydrogens (tertiary/aromatic N) is 2. The van der Waals surface area contributed by atoms with Crippen molar-refractivity contribution in [3.63, 3.8) is 0 Å². The van der Waals surface area contributed by atoms with E-state index >= 15 is 0 Å². The Morgan fingerprint density at radius 1 is 0.822 bits per heavy atom. The van der Waals surface area contributed by atoms with Crippen LogP contribution in [0.5, 0.6) is 23.0 Å². The average Bonchev–Trinajstić information content (AvgIpc) is 3.04. The van der Waals surface area contributed by atoms with Crippen molar-refractivity contribution < 1.29 is 37.0 Å². The van der Waals surface area contributed by atoms with Gasteiger partial charge in [-0.2, -0.15) is 0 Å². The molecule has 45 heavy (non-hydrogen) atoms. The number of hydrogen-bond acceptors (Lipinski definition) is 8. The van der Waals surface area contributed by atoms with Crippen molar-refractivity contribution in [2.45, 2.75) is 38.3 Å². The Hall–Kier alpha value is -4.16. The minimum Gasteiger partial charge on any atom is -0.497 e. The van der Waals surface area contributed by atoms with Crippen LogP contribution in [0.3, 0.4) is 0 Å². The molecule has 3 rings (SSSR count). The molecule has 11 nitrogen and oxygen atoms in total. The van der Waals surface area contributed by atoms with Crippen LogP contribution in [-0.4, -0.2) is 72.7 Å². The number of ether oxygens (including phenoxy) is 4. The Morgan fingerprint density at radius 2 is 1.44 bits per heavy atom. The molecule has 3 aromatic rings. The summed E-state index contributed by atoms with van der Waals surface area (Å²) in [5.74, 6) is 0.204. The third-order valence-electron chi connectivity index (χ3n) is 6.99. The summed E-state index contributed by atoms with van der Waals surface area (Å²) in [6.07, 6.45) is 0. The van der Waals surface area contributed by atoms with Crippen LogP contribution in [0.1, 0.15) is 26.3 Å². The van der Waals surface area contributed by atoms with E-state index in [0.717, 1.165) is 4.31 Å². The maximum absolute atomic E-state index is 14.4. The molecular weight excluding hydrogens is 622 g/mol. The van der Waals surface area contributed by atoms with Gasteiger partial charge < -0.3 is 29.2 Å². The Balaban J connectivity index is 2.15. The fourth-order valence-corrected chi connectivity index (χ4v) is 5.99. The number of rotatable bonds is 15. The second-order valence-electron chi connectivity index (χ2n) is 10.5. The molecule has 1 unspecified atom stereocenters. The summed E-state index contributed by atoms with van der Waals surface area (Å²) < 4.78 is 51.2. The van der Waals surface area contributed by atoms with E-state index in [1.54, 1.807) is 43.3 Å². The van der Waals surface area contributed by atoms with Crippen LogP contribution in [0.15, 0.2) is 65.6 Å². The van der Waals surface area contributed by atoms with E-state index in [0.29, 0.717) is 28.6 Å². The second-order valence-corrected chi connectivity index (χ2v) is 12.8. The molecule has 1 atom stereocenters. The number of sulfonamides is 1. The Labute approximate surface area is 270 Å². The normalized spacial score (nSPS) is 11.8. The highest BCUT2D eigenvalue weighted by Crippen LogP contribution is 2.37. The molecule has 0 saturated heterocycles. The van der Waals surface area contributed by atoms with Crippen molar-refractivity contribution in [1.29, 1.82) is 0 Å². The van der Waals surface area contributed by atoms with Crippen LogP contribution in [0, 0.1) is 5.92 Å². The molecule has 244 valence electrons. The summed E-state index contributed by atoms with van der Waals surface area (Å²) >= 11 is 6.08. The molecule has 3 aromatic carbocycles. The van der Waals surface area contributed by atoms with Crippen molar-refractivity contribution >= 4 is 39.1 Å². The average molecular weight is 662 g/mol. The lowest BCUT2D eigenvalue weighted by Gasteiger charge is -2.32. The van der Waals surface area contributed by atoms with E-state index in [9.17, 15) is 18.0 Å². The number of carbonyl (C=O) groups excluding carboxylic acids is 2. The topological polar surface area (TPSA) is 124 Å². The SMILES string of the molecule is COc1ccc(OC)c(N(CC(=O)N(Cc2ccc(Cl)cc2)C(C)C(=O)NCC(C)C)S(=O)(=O)c2ccc(OC)c(OC)c2)c1. The number of amides is 2. The van der Waals surface area contributed by atoms with Crippen molar-refractivity contribution in [2.75, 3.05) is 45.8 Å². The van der Waals surface area contributed by atoms with E-state index in [2.05, 4.69) is 5.32 Å². The molecule has 0 bridgehead atoms. The molecule has 13 heteroatoms. The summed E-state index contributed by atoms with van der Waals surface area (Å²) in [5.41, 5.74) is 0.757. The van der Waals surface area contributed by atoms with Gasteiger partial charge in [-0.1, -0.05) is 37.6 Å². The van der Waals surface area contributed by atoms with E-state index in [1.807, 2.05) is 13.8 Å². The number of nitrogens with one attached hydrogen (secondary N) is 1. The van der Waals surface area contributed by atoms with Gasteiger partial charge in [0.1, 0.15) is 24.1 Å². The van der Waals surface area contributed by atoms with Gasteiger partial charge >= 0.3 is 0 Å². The summed E-state index contributed by atoms with van der Waals surface area (Å²) in [5, 5.41) is 3.37. The maximum atomic E-state index is 14.4. The zero-order valence-electron chi connectivity index (χ0n) is 26.5. The molecule has 0 spiro atoms. The van der Waals surface area contributed by atoms with Gasteiger partial charge in [-0.05, 0) is 54.8 Å². The lowest BCUT2D eigenvalue weighted by atomic mass is 10.1. The molecular formula is C32H40ClN3O8S.